The van der Waals surface area contributed by atoms with Crippen molar-refractivity contribution in [3.8, 4) is 0 Å². The van der Waals surface area contributed by atoms with Gasteiger partial charge in [0.25, 0.3) is 0 Å². The summed E-state index contributed by atoms with van der Waals surface area (Å²) in [7, 11) is 0. The third-order valence-corrected chi connectivity index (χ3v) is 4.19. The van der Waals surface area contributed by atoms with Crippen LogP contribution in [0.25, 0.3) is 0 Å². The minimum atomic E-state index is -0.270. The third-order valence-electron chi connectivity index (χ3n) is 3.24. The molecule has 0 radical (unpaired) electrons. The molecule has 2 rings (SSSR count). The lowest BCUT2D eigenvalue weighted by Crippen LogP contribution is -2.03. The lowest BCUT2D eigenvalue weighted by Gasteiger charge is -2.18. The highest BCUT2D eigenvalue weighted by atomic mass is 79.9. The highest BCUT2D eigenvalue weighted by Crippen LogP contribution is 2.36. The van der Waals surface area contributed by atoms with E-state index in [1.807, 2.05) is 26.8 Å². The maximum Gasteiger partial charge on any atom is 0.127 e. The highest BCUT2D eigenvalue weighted by Gasteiger charge is 2.19. The number of benzene rings is 2. The summed E-state index contributed by atoms with van der Waals surface area (Å²) >= 11 is 3.54. The molecule has 0 amide bonds. The van der Waals surface area contributed by atoms with Crippen LogP contribution in [-0.2, 0) is 0 Å². The first-order valence-corrected chi connectivity index (χ1v) is 6.98. The van der Waals surface area contributed by atoms with E-state index in [1.165, 1.54) is 18.2 Å². The molecule has 0 aliphatic heterocycles. The molecule has 19 heavy (non-hydrogen) atoms. The second-order valence-corrected chi connectivity index (χ2v) is 5.76. The number of hydrogen-bond acceptors (Lipinski definition) is 0. The van der Waals surface area contributed by atoms with Gasteiger partial charge >= 0.3 is 0 Å². The van der Waals surface area contributed by atoms with Crippen molar-refractivity contribution in [1.82, 2.24) is 0 Å². The molecule has 100 valence electrons. The maximum absolute atomic E-state index is 13.9. The Morgan fingerprint density at radius 3 is 2.11 bits per heavy atom. The van der Waals surface area contributed by atoms with E-state index in [0.717, 1.165) is 22.3 Å². The third kappa shape index (κ3) is 2.86. The predicted molar refractivity (Wildman–Crippen MR) is 77.8 cm³/mol. The number of hydrogen-bond donors (Lipinski definition) is 0. The highest BCUT2D eigenvalue weighted by molar-refractivity contribution is 9.09. The van der Waals surface area contributed by atoms with Gasteiger partial charge in [-0.3, -0.25) is 0 Å². The van der Waals surface area contributed by atoms with Gasteiger partial charge in [0.2, 0.25) is 0 Å². The Balaban J connectivity index is 2.56. The molecule has 2 aromatic carbocycles. The molecular formula is C16H15BrF2. The molecule has 0 N–H and O–H groups in total. The lowest BCUT2D eigenvalue weighted by molar-refractivity contribution is 0.611. The molecule has 0 bridgehead atoms. The molecule has 1 unspecified atom stereocenters. The summed E-state index contributed by atoms with van der Waals surface area (Å²) in [5, 5.41) is 0. The fourth-order valence-electron chi connectivity index (χ4n) is 2.33. The molecule has 3 heteroatoms. The largest absolute Gasteiger partial charge is 0.207 e. The molecule has 1 atom stereocenters. The van der Waals surface area contributed by atoms with Crippen molar-refractivity contribution < 1.29 is 8.78 Å². The molecule has 0 heterocycles. The normalized spacial score (nSPS) is 12.5. The Bertz CT molecular complexity index is 597. The smallest absolute Gasteiger partial charge is 0.127 e. The first-order valence-electron chi connectivity index (χ1n) is 6.07. The van der Waals surface area contributed by atoms with E-state index in [9.17, 15) is 8.78 Å². The molecule has 0 fully saturated rings. The van der Waals surface area contributed by atoms with E-state index < -0.39 is 0 Å². The van der Waals surface area contributed by atoms with Crippen molar-refractivity contribution in [2.45, 2.75) is 25.6 Å². The topological polar surface area (TPSA) is 0 Å². The van der Waals surface area contributed by atoms with Crippen LogP contribution in [-0.4, -0.2) is 0 Å². The van der Waals surface area contributed by atoms with Crippen molar-refractivity contribution in [3.63, 3.8) is 0 Å². The first kappa shape index (κ1) is 14.2. The maximum atomic E-state index is 13.9. The Labute approximate surface area is 120 Å². The zero-order valence-corrected chi connectivity index (χ0v) is 12.7. The van der Waals surface area contributed by atoms with E-state index in [1.54, 1.807) is 6.07 Å². The number of halogens is 3. The van der Waals surface area contributed by atoms with Crippen LogP contribution >= 0.6 is 15.9 Å². The first-order chi connectivity index (χ1) is 8.90. The minimum absolute atomic E-state index is 0.254. The monoisotopic (exact) mass is 324 g/mol. The standard InChI is InChI=1S/C16H15BrF2/c1-9-4-5-14(19)13(6-9)16(17)15-10(2)7-12(18)8-11(15)3/h4-8,16H,1-3H3. The molecule has 2 aromatic rings. The number of aryl methyl sites for hydroxylation is 3. The van der Waals surface area contributed by atoms with Gasteiger partial charge in [0, 0.05) is 5.56 Å². The van der Waals surface area contributed by atoms with Crippen LogP contribution in [0.4, 0.5) is 8.78 Å². The second kappa shape index (κ2) is 5.41. The molecule has 0 saturated heterocycles. The van der Waals surface area contributed by atoms with Crippen LogP contribution in [0.15, 0.2) is 30.3 Å². The zero-order chi connectivity index (χ0) is 14.2. The van der Waals surface area contributed by atoms with Crippen molar-refractivity contribution >= 4 is 15.9 Å². The van der Waals surface area contributed by atoms with Crippen molar-refractivity contribution in [2.75, 3.05) is 0 Å². The van der Waals surface area contributed by atoms with E-state index >= 15 is 0 Å². The molecule has 0 saturated carbocycles. The van der Waals surface area contributed by atoms with Gasteiger partial charge in [-0.25, -0.2) is 8.78 Å². The zero-order valence-electron chi connectivity index (χ0n) is 11.1. The van der Waals surface area contributed by atoms with Crippen LogP contribution in [0, 0.1) is 32.4 Å². The van der Waals surface area contributed by atoms with Crippen LogP contribution in [0.3, 0.4) is 0 Å². The van der Waals surface area contributed by atoms with Crippen molar-refractivity contribution in [3.05, 3.63) is 69.8 Å². The molecule has 0 aliphatic rings. The molecular weight excluding hydrogens is 310 g/mol. The average molecular weight is 325 g/mol. The van der Waals surface area contributed by atoms with Crippen molar-refractivity contribution in [1.29, 1.82) is 0 Å². The van der Waals surface area contributed by atoms with E-state index in [2.05, 4.69) is 15.9 Å². The van der Waals surface area contributed by atoms with Gasteiger partial charge in [-0.05, 0) is 55.7 Å². The van der Waals surface area contributed by atoms with E-state index in [4.69, 9.17) is 0 Å². The molecule has 0 nitrogen and oxygen atoms in total. The Morgan fingerprint density at radius 1 is 0.947 bits per heavy atom. The summed E-state index contributed by atoms with van der Waals surface area (Å²) in [5.41, 5.74) is 4.14. The van der Waals surface area contributed by atoms with Crippen LogP contribution in [0.2, 0.25) is 0 Å². The molecule has 0 aliphatic carbocycles. The summed E-state index contributed by atoms with van der Waals surface area (Å²) in [4.78, 5) is -0.270. The summed E-state index contributed by atoms with van der Waals surface area (Å²) < 4.78 is 27.3. The Kier molecular flexibility index (Phi) is 4.04. The van der Waals surface area contributed by atoms with Gasteiger partial charge in [0.05, 0.1) is 4.83 Å². The van der Waals surface area contributed by atoms with Crippen LogP contribution < -0.4 is 0 Å². The van der Waals surface area contributed by atoms with Gasteiger partial charge < -0.3 is 0 Å². The minimum Gasteiger partial charge on any atom is -0.207 e. The average Bonchev–Trinajstić information content (AvgIpc) is 2.30. The van der Waals surface area contributed by atoms with Crippen LogP contribution in [0.1, 0.15) is 32.6 Å². The Morgan fingerprint density at radius 2 is 1.53 bits per heavy atom. The van der Waals surface area contributed by atoms with E-state index in [-0.39, 0.29) is 16.5 Å². The quantitative estimate of drug-likeness (QED) is 0.651. The van der Waals surface area contributed by atoms with Gasteiger partial charge in [-0.1, -0.05) is 33.6 Å². The van der Waals surface area contributed by atoms with Gasteiger partial charge in [-0.2, -0.15) is 0 Å². The number of alkyl halides is 1. The fourth-order valence-corrected chi connectivity index (χ4v) is 3.41. The lowest BCUT2D eigenvalue weighted by atomic mass is 9.95. The summed E-state index contributed by atoms with van der Waals surface area (Å²) in [6.45, 7) is 5.60. The van der Waals surface area contributed by atoms with E-state index in [0.29, 0.717) is 5.56 Å². The van der Waals surface area contributed by atoms with Crippen LogP contribution in [0.5, 0.6) is 0 Å². The summed E-state index contributed by atoms with van der Waals surface area (Å²) in [6.07, 6.45) is 0. The van der Waals surface area contributed by atoms with Gasteiger partial charge in [0.15, 0.2) is 0 Å². The summed E-state index contributed by atoms with van der Waals surface area (Å²) in [5.74, 6) is -0.515. The fraction of sp³-hybridized carbons (Fsp3) is 0.250. The SMILES string of the molecule is Cc1ccc(F)c(C(Br)c2c(C)cc(F)cc2C)c1. The summed E-state index contributed by atoms with van der Waals surface area (Å²) in [6, 6.07) is 7.97. The van der Waals surface area contributed by atoms with Gasteiger partial charge in [0.1, 0.15) is 11.6 Å². The second-order valence-electron chi connectivity index (χ2n) is 4.84. The van der Waals surface area contributed by atoms with Gasteiger partial charge in [-0.15, -0.1) is 0 Å². The van der Waals surface area contributed by atoms with Crippen molar-refractivity contribution in [2.24, 2.45) is 0 Å². The predicted octanol–water partition coefficient (Wildman–Crippen LogP) is 5.37. The molecule has 0 aromatic heterocycles. The number of rotatable bonds is 2. The molecule has 0 spiro atoms. The Hall–Kier alpha value is -1.22.